The average Bonchev–Trinajstić information content (AvgIpc) is 1.90. The third-order valence-corrected chi connectivity index (χ3v) is 1.50. The first kappa shape index (κ1) is 18.6. The van der Waals surface area contributed by atoms with E-state index in [1.165, 1.54) is 6.92 Å². The van der Waals surface area contributed by atoms with E-state index in [1.807, 2.05) is 13.8 Å². The monoisotopic (exact) mass is 208 g/mol. The SMILES string of the molecule is CCOCC.CCS(=O)(=O)O.[H-].[Na+]. The van der Waals surface area contributed by atoms with E-state index in [-0.39, 0.29) is 36.7 Å². The minimum Gasteiger partial charge on any atom is -1.00 e. The minimum atomic E-state index is -3.66. The van der Waals surface area contributed by atoms with Crippen LogP contribution in [0.15, 0.2) is 0 Å². The Morgan fingerprint density at radius 1 is 1.25 bits per heavy atom. The molecule has 0 bridgehead atoms. The van der Waals surface area contributed by atoms with E-state index in [0.29, 0.717) is 0 Å². The number of hydrogen-bond acceptors (Lipinski definition) is 3. The van der Waals surface area contributed by atoms with E-state index in [1.54, 1.807) is 0 Å². The maximum Gasteiger partial charge on any atom is 1.00 e. The van der Waals surface area contributed by atoms with Crippen molar-refractivity contribution in [3.05, 3.63) is 0 Å². The fourth-order valence-corrected chi connectivity index (χ4v) is 0.204. The van der Waals surface area contributed by atoms with Gasteiger partial charge < -0.3 is 6.16 Å². The van der Waals surface area contributed by atoms with Crippen LogP contribution in [-0.2, 0) is 14.9 Å². The van der Waals surface area contributed by atoms with Gasteiger partial charge in [0.1, 0.15) is 0 Å². The molecule has 0 aliphatic heterocycles. The first-order valence-corrected chi connectivity index (χ1v) is 5.11. The van der Waals surface area contributed by atoms with Crippen molar-refractivity contribution in [2.24, 2.45) is 0 Å². The van der Waals surface area contributed by atoms with E-state index in [0.717, 1.165) is 13.2 Å². The van der Waals surface area contributed by atoms with Crippen molar-refractivity contribution in [1.82, 2.24) is 0 Å². The predicted molar refractivity (Wildman–Crippen MR) is 45.4 cm³/mol. The van der Waals surface area contributed by atoms with Gasteiger partial charge in [-0.05, 0) is 20.8 Å². The molecule has 0 spiro atoms. The van der Waals surface area contributed by atoms with E-state index in [4.69, 9.17) is 9.29 Å². The molecule has 0 radical (unpaired) electrons. The van der Waals surface area contributed by atoms with Crippen molar-refractivity contribution >= 4 is 10.1 Å². The molecule has 72 valence electrons. The van der Waals surface area contributed by atoms with Gasteiger partial charge in [0.15, 0.2) is 0 Å². The second kappa shape index (κ2) is 11.9. The van der Waals surface area contributed by atoms with Crippen LogP contribution in [0.4, 0.5) is 0 Å². The third-order valence-electron chi connectivity index (χ3n) is 0.773. The third kappa shape index (κ3) is 30.7. The topological polar surface area (TPSA) is 63.6 Å². The molecule has 0 amide bonds. The van der Waals surface area contributed by atoms with E-state index < -0.39 is 10.1 Å². The van der Waals surface area contributed by atoms with E-state index in [9.17, 15) is 8.42 Å². The molecule has 0 atom stereocenters. The summed E-state index contributed by atoms with van der Waals surface area (Å²) in [7, 11) is -3.66. The molecule has 12 heavy (non-hydrogen) atoms. The quantitative estimate of drug-likeness (QED) is 0.433. The second-order valence-corrected chi connectivity index (χ2v) is 3.39. The van der Waals surface area contributed by atoms with Crippen molar-refractivity contribution < 1.29 is 48.7 Å². The summed E-state index contributed by atoms with van der Waals surface area (Å²) in [6, 6.07) is 0. The number of hydrogen-bond donors (Lipinski definition) is 1. The first-order chi connectivity index (χ1) is 4.97. The molecule has 0 aromatic rings. The van der Waals surface area contributed by atoms with Gasteiger partial charge in [0.2, 0.25) is 0 Å². The molecule has 6 heteroatoms. The number of ether oxygens (including phenoxy) is 1. The van der Waals surface area contributed by atoms with Crippen LogP contribution in [0, 0.1) is 0 Å². The molecule has 0 fully saturated rings. The summed E-state index contributed by atoms with van der Waals surface area (Å²) < 4.78 is 31.7. The Bertz CT molecular complexity index is 158. The average molecular weight is 208 g/mol. The van der Waals surface area contributed by atoms with Crippen molar-refractivity contribution in [3.63, 3.8) is 0 Å². The first-order valence-electron chi connectivity index (χ1n) is 3.50. The molecule has 0 saturated carbocycles. The van der Waals surface area contributed by atoms with Crippen LogP contribution in [0.3, 0.4) is 0 Å². The minimum absolute atomic E-state index is 0. The van der Waals surface area contributed by atoms with Gasteiger partial charge in [-0.1, -0.05) is 0 Å². The van der Waals surface area contributed by atoms with Crippen LogP contribution < -0.4 is 29.6 Å². The maximum absolute atomic E-state index is 9.56. The van der Waals surface area contributed by atoms with Gasteiger partial charge >= 0.3 is 29.6 Å². The van der Waals surface area contributed by atoms with Gasteiger partial charge in [-0.3, -0.25) is 4.55 Å². The van der Waals surface area contributed by atoms with Crippen LogP contribution in [0.25, 0.3) is 0 Å². The largest absolute Gasteiger partial charge is 1.00 e. The van der Waals surface area contributed by atoms with Crippen molar-refractivity contribution in [1.29, 1.82) is 0 Å². The van der Waals surface area contributed by atoms with Gasteiger partial charge in [0, 0.05) is 13.2 Å². The Balaban J connectivity index is -0.0000000546. The van der Waals surface area contributed by atoms with Gasteiger partial charge in [-0.15, -0.1) is 0 Å². The van der Waals surface area contributed by atoms with E-state index >= 15 is 0 Å². The van der Waals surface area contributed by atoms with Crippen LogP contribution in [0.5, 0.6) is 0 Å². The summed E-state index contributed by atoms with van der Waals surface area (Å²) in [5.41, 5.74) is 0. The molecule has 0 unspecified atom stereocenters. The molecule has 0 rings (SSSR count). The van der Waals surface area contributed by atoms with Gasteiger partial charge in [0.25, 0.3) is 10.1 Å². The summed E-state index contributed by atoms with van der Waals surface area (Å²) in [4.78, 5) is 0. The molecule has 0 saturated heterocycles. The molecular formula is C6H17NaO4S. The molecule has 4 nitrogen and oxygen atoms in total. The smallest absolute Gasteiger partial charge is 1.00 e. The molecule has 0 aromatic heterocycles. The summed E-state index contributed by atoms with van der Waals surface area (Å²) in [5.74, 6) is -0.201. The second-order valence-electron chi connectivity index (χ2n) is 1.65. The van der Waals surface area contributed by atoms with E-state index in [2.05, 4.69) is 0 Å². The Labute approximate surface area is 98.2 Å². The van der Waals surface area contributed by atoms with Gasteiger partial charge in [-0.2, -0.15) is 8.42 Å². The summed E-state index contributed by atoms with van der Waals surface area (Å²) in [6.07, 6.45) is 0. The molecule has 0 aliphatic carbocycles. The Morgan fingerprint density at radius 3 is 1.50 bits per heavy atom. The van der Waals surface area contributed by atoms with Crippen molar-refractivity contribution in [2.45, 2.75) is 20.8 Å². The Morgan fingerprint density at radius 2 is 1.50 bits per heavy atom. The Hall–Kier alpha value is 0.870. The zero-order chi connectivity index (χ0) is 9.33. The van der Waals surface area contributed by atoms with Crippen molar-refractivity contribution in [2.75, 3.05) is 19.0 Å². The van der Waals surface area contributed by atoms with Crippen LogP contribution in [0.1, 0.15) is 22.2 Å². The van der Waals surface area contributed by atoms with Crippen LogP contribution >= 0.6 is 0 Å². The standard InChI is InChI=1S/C4H10O.C2H6O3S.Na.H/c1-3-5-4-2;1-2-6(3,4)5;;/h3-4H2,1-2H3;2H2,1H3,(H,3,4,5);;/q;;+1;-1. The molecule has 1 N–H and O–H groups in total. The Kier molecular flexibility index (Phi) is 18.4. The van der Waals surface area contributed by atoms with Crippen LogP contribution in [-0.4, -0.2) is 31.9 Å². The molecule has 0 heterocycles. The fraction of sp³-hybridized carbons (Fsp3) is 1.00. The van der Waals surface area contributed by atoms with Gasteiger partial charge in [-0.25, -0.2) is 0 Å². The van der Waals surface area contributed by atoms with Gasteiger partial charge in [0.05, 0.1) is 5.75 Å². The normalized spacial score (nSPS) is 9.33. The summed E-state index contributed by atoms with van der Waals surface area (Å²) in [5, 5.41) is 0. The number of rotatable bonds is 3. The predicted octanol–water partition coefficient (Wildman–Crippen LogP) is -1.95. The fourth-order valence-electron chi connectivity index (χ4n) is 0.204. The molecule has 0 aliphatic rings. The van der Waals surface area contributed by atoms with Crippen LogP contribution in [0.2, 0.25) is 0 Å². The van der Waals surface area contributed by atoms with Crippen molar-refractivity contribution in [3.8, 4) is 0 Å². The maximum atomic E-state index is 9.56. The zero-order valence-electron chi connectivity index (χ0n) is 9.20. The molecule has 0 aromatic carbocycles. The summed E-state index contributed by atoms with van der Waals surface area (Å²) >= 11 is 0. The zero-order valence-corrected chi connectivity index (χ0v) is 11.0. The molecular weight excluding hydrogens is 191 g/mol. The summed E-state index contributed by atoms with van der Waals surface area (Å²) in [6.45, 7) is 7.04.